The van der Waals surface area contributed by atoms with E-state index in [2.05, 4.69) is 26.1 Å². The van der Waals surface area contributed by atoms with Crippen LogP contribution in [0.5, 0.6) is 0 Å². The second-order valence-electron chi connectivity index (χ2n) is 6.50. The average Bonchev–Trinajstić information content (AvgIpc) is 2.13. The molecular weight excluding hydrogens is 210 g/mol. The molecule has 0 aromatic heterocycles. The number of anilines is 1. The van der Waals surface area contributed by atoms with E-state index in [1.165, 1.54) is 0 Å². The van der Waals surface area contributed by atoms with Crippen molar-refractivity contribution < 1.29 is 4.79 Å². The molecular formula is C15H23NO. The Morgan fingerprint density at radius 3 is 2.00 bits per heavy atom. The largest absolute Gasteiger partial charge is 0.380 e. The first-order chi connectivity index (χ1) is 7.61. The Balaban J connectivity index is 3.13. The first-order valence-corrected chi connectivity index (χ1v) is 6.03. The molecule has 0 atom stereocenters. The zero-order valence-electron chi connectivity index (χ0n) is 11.7. The van der Waals surface area contributed by atoms with Crippen LogP contribution in [0.1, 0.15) is 51.9 Å². The number of Topliss-reactive ketones (excluding diaryl/α,β-unsaturated/α-hetero) is 1. The summed E-state index contributed by atoms with van der Waals surface area (Å²) in [6, 6.07) is 7.71. The Bertz CT molecular complexity index is 408. The molecule has 94 valence electrons. The van der Waals surface area contributed by atoms with Gasteiger partial charge < -0.3 is 5.32 Å². The van der Waals surface area contributed by atoms with Gasteiger partial charge in [0.1, 0.15) is 0 Å². The lowest BCUT2D eigenvalue weighted by molar-refractivity contribution is 0.0859. The number of ketones is 1. The summed E-state index contributed by atoms with van der Waals surface area (Å²) in [5, 5.41) is 3.38. The Morgan fingerprint density at radius 1 is 1.00 bits per heavy atom. The van der Waals surface area contributed by atoms with E-state index in [-0.39, 0.29) is 16.7 Å². The van der Waals surface area contributed by atoms with E-state index in [4.69, 9.17) is 0 Å². The third kappa shape index (κ3) is 3.88. The molecule has 2 nitrogen and oxygen atoms in total. The number of carbonyl (C=O) groups excluding carboxylic acids is 1. The van der Waals surface area contributed by atoms with Gasteiger partial charge in [-0.3, -0.25) is 4.79 Å². The Labute approximate surface area is 104 Å². The van der Waals surface area contributed by atoms with Crippen molar-refractivity contribution in [2.75, 3.05) is 5.32 Å². The molecule has 1 aromatic carbocycles. The van der Waals surface area contributed by atoms with Crippen molar-refractivity contribution in [3.63, 3.8) is 0 Å². The van der Waals surface area contributed by atoms with Gasteiger partial charge in [0.25, 0.3) is 0 Å². The average molecular weight is 233 g/mol. The van der Waals surface area contributed by atoms with Crippen molar-refractivity contribution in [1.82, 2.24) is 0 Å². The Kier molecular flexibility index (Phi) is 3.65. The lowest BCUT2D eigenvalue weighted by atomic mass is 9.85. The molecule has 0 amide bonds. The summed E-state index contributed by atoms with van der Waals surface area (Å²) in [7, 11) is 0. The molecule has 0 aliphatic heterocycles. The molecule has 0 radical (unpaired) electrons. The number of rotatable bonds is 2. The van der Waals surface area contributed by atoms with Crippen molar-refractivity contribution in [2.24, 2.45) is 5.41 Å². The number of nitrogens with one attached hydrogen (secondary N) is 1. The standard InChI is InChI=1S/C15H23NO/c1-14(2,3)13(17)11-9-7-8-10-12(11)16-15(4,5)6/h7-10,16H,1-6H3. The summed E-state index contributed by atoms with van der Waals surface area (Å²) in [5.41, 5.74) is 1.29. The zero-order chi connectivity index (χ0) is 13.3. The number of hydrogen-bond acceptors (Lipinski definition) is 2. The fourth-order valence-corrected chi connectivity index (χ4v) is 1.60. The van der Waals surface area contributed by atoms with Crippen LogP contribution in [0.4, 0.5) is 5.69 Å². The summed E-state index contributed by atoms with van der Waals surface area (Å²) in [4.78, 5) is 12.3. The molecule has 0 heterocycles. The molecule has 1 aromatic rings. The maximum absolute atomic E-state index is 12.3. The quantitative estimate of drug-likeness (QED) is 0.778. The van der Waals surface area contributed by atoms with Crippen LogP contribution in [-0.2, 0) is 0 Å². The van der Waals surface area contributed by atoms with Crippen molar-refractivity contribution in [3.05, 3.63) is 29.8 Å². The van der Waals surface area contributed by atoms with Crippen LogP contribution < -0.4 is 5.32 Å². The van der Waals surface area contributed by atoms with Crippen molar-refractivity contribution in [1.29, 1.82) is 0 Å². The predicted molar refractivity (Wildman–Crippen MR) is 73.6 cm³/mol. The second kappa shape index (κ2) is 4.52. The van der Waals surface area contributed by atoms with Gasteiger partial charge in [-0.2, -0.15) is 0 Å². The van der Waals surface area contributed by atoms with Gasteiger partial charge in [0, 0.05) is 22.2 Å². The molecule has 2 heteroatoms. The first-order valence-electron chi connectivity index (χ1n) is 6.03. The second-order valence-corrected chi connectivity index (χ2v) is 6.50. The topological polar surface area (TPSA) is 29.1 Å². The van der Waals surface area contributed by atoms with Crippen LogP contribution in [-0.4, -0.2) is 11.3 Å². The molecule has 1 N–H and O–H groups in total. The smallest absolute Gasteiger partial charge is 0.170 e. The molecule has 0 fully saturated rings. The maximum Gasteiger partial charge on any atom is 0.170 e. The van der Waals surface area contributed by atoms with Gasteiger partial charge in [-0.15, -0.1) is 0 Å². The van der Waals surface area contributed by atoms with Crippen molar-refractivity contribution in [3.8, 4) is 0 Å². The Morgan fingerprint density at radius 2 is 1.53 bits per heavy atom. The van der Waals surface area contributed by atoms with Crippen LogP contribution in [0.2, 0.25) is 0 Å². The lowest BCUT2D eigenvalue weighted by Crippen LogP contribution is -2.29. The first kappa shape index (κ1) is 13.8. The van der Waals surface area contributed by atoms with Gasteiger partial charge in [-0.1, -0.05) is 32.9 Å². The maximum atomic E-state index is 12.3. The summed E-state index contributed by atoms with van der Waals surface area (Å²) in [6.07, 6.45) is 0. The summed E-state index contributed by atoms with van der Waals surface area (Å²) in [5.74, 6) is 0.171. The highest BCUT2D eigenvalue weighted by molar-refractivity contribution is 6.04. The van der Waals surface area contributed by atoms with E-state index in [0.717, 1.165) is 11.3 Å². The van der Waals surface area contributed by atoms with E-state index >= 15 is 0 Å². The fourth-order valence-electron chi connectivity index (χ4n) is 1.60. The third-order valence-corrected chi connectivity index (χ3v) is 2.36. The normalized spacial score (nSPS) is 12.4. The van der Waals surface area contributed by atoms with Crippen molar-refractivity contribution in [2.45, 2.75) is 47.1 Å². The molecule has 1 rings (SSSR count). The molecule has 17 heavy (non-hydrogen) atoms. The molecule has 0 aliphatic carbocycles. The van der Waals surface area contributed by atoms with E-state index in [1.54, 1.807) is 0 Å². The third-order valence-electron chi connectivity index (χ3n) is 2.36. The molecule has 0 saturated heterocycles. The minimum absolute atomic E-state index is 0.0474. The minimum atomic E-state index is -0.352. The van der Waals surface area contributed by atoms with Gasteiger partial charge in [-0.05, 0) is 32.9 Å². The van der Waals surface area contributed by atoms with Crippen molar-refractivity contribution >= 4 is 11.5 Å². The number of hydrogen-bond donors (Lipinski definition) is 1. The van der Waals surface area contributed by atoms with Crippen LogP contribution in [0.25, 0.3) is 0 Å². The number of benzene rings is 1. The van der Waals surface area contributed by atoms with Crippen LogP contribution in [0.3, 0.4) is 0 Å². The van der Waals surface area contributed by atoms with Crippen LogP contribution in [0.15, 0.2) is 24.3 Å². The molecule has 0 bridgehead atoms. The highest BCUT2D eigenvalue weighted by Crippen LogP contribution is 2.27. The monoisotopic (exact) mass is 233 g/mol. The van der Waals surface area contributed by atoms with Gasteiger partial charge in [0.15, 0.2) is 5.78 Å². The highest BCUT2D eigenvalue weighted by atomic mass is 16.1. The predicted octanol–water partition coefficient (Wildman–Crippen LogP) is 4.13. The fraction of sp³-hybridized carbons (Fsp3) is 0.533. The van der Waals surface area contributed by atoms with Gasteiger partial charge in [0.2, 0.25) is 0 Å². The van der Waals surface area contributed by atoms with E-state index in [1.807, 2.05) is 45.0 Å². The molecule has 0 aliphatic rings. The molecule has 0 unspecified atom stereocenters. The highest BCUT2D eigenvalue weighted by Gasteiger charge is 2.25. The van der Waals surface area contributed by atoms with Gasteiger partial charge >= 0.3 is 0 Å². The minimum Gasteiger partial charge on any atom is -0.380 e. The molecule has 0 saturated carbocycles. The van der Waals surface area contributed by atoms with Gasteiger partial charge in [0.05, 0.1) is 0 Å². The number of para-hydroxylation sites is 1. The Hall–Kier alpha value is -1.31. The summed E-state index contributed by atoms with van der Waals surface area (Å²) in [6.45, 7) is 12.1. The van der Waals surface area contributed by atoms with Crippen LogP contribution >= 0.6 is 0 Å². The summed E-state index contributed by atoms with van der Waals surface area (Å²) >= 11 is 0. The van der Waals surface area contributed by atoms with E-state index in [0.29, 0.717) is 0 Å². The van der Waals surface area contributed by atoms with Crippen LogP contribution in [0, 0.1) is 5.41 Å². The van der Waals surface area contributed by atoms with E-state index in [9.17, 15) is 4.79 Å². The number of carbonyl (C=O) groups is 1. The molecule has 0 spiro atoms. The lowest BCUT2D eigenvalue weighted by Gasteiger charge is -2.26. The SMILES string of the molecule is CC(C)(C)Nc1ccccc1C(=O)C(C)(C)C. The van der Waals surface area contributed by atoms with Gasteiger partial charge in [-0.25, -0.2) is 0 Å². The zero-order valence-corrected chi connectivity index (χ0v) is 11.7. The van der Waals surface area contributed by atoms with E-state index < -0.39 is 0 Å². The summed E-state index contributed by atoms with van der Waals surface area (Å²) < 4.78 is 0.